The van der Waals surface area contributed by atoms with Gasteiger partial charge >= 0.3 is 5.97 Å². The Bertz CT molecular complexity index is 1090. The zero-order valence-electron chi connectivity index (χ0n) is 17.6. The van der Waals surface area contributed by atoms with Crippen molar-refractivity contribution in [1.82, 2.24) is 4.90 Å². The van der Waals surface area contributed by atoms with Gasteiger partial charge in [0.2, 0.25) is 0 Å². The molecule has 7 heteroatoms. The topological polar surface area (TPSA) is 92.8 Å². The van der Waals surface area contributed by atoms with Crippen LogP contribution in [-0.4, -0.2) is 41.7 Å². The summed E-state index contributed by atoms with van der Waals surface area (Å²) in [5.41, 5.74) is 2.45. The zero-order chi connectivity index (χ0) is 22.1. The number of esters is 1. The molecule has 0 spiro atoms. The predicted octanol–water partition coefficient (Wildman–Crippen LogP) is 3.96. The van der Waals surface area contributed by atoms with Crippen LogP contribution in [0.25, 0.3) is 0 Å². The molecule has 4 rings (SSSR count). The van der Waals surface area contributed by atoms with Gasteiger partial charge in [-0.2, -0.15) is 0 Å². The van der Waals surface area contributed by atoms with Crippen LogP contribution in [0, 0.1) is 6.92 Å². The minimum absolute atomic E-state index is 0.0675. The van der Waals surface area contributed by atoms with Crippen molar-refractivity contribution in [2.24, 2.45) is 0 Å². The molecule has 0 atom stereocenters. The number of fused-ring (bicyclic) bond motifs is 1. The van der Waals surface area contributed by atoms with Crippen molar-refractivity contribution in [3.63, 3.8) is 0 Å². The maximum Gasteiger partial charge on any atom is 0.337 e. The molecule has 0 unspecified atom stereocenters. The first kappa shape index (κ1) is 20.8. The SMILES string of the molecule is COC(=O)c1ccc(C)c(NC(=O)c2ccc3c(c2)C(=O)N(C2CCCCC2)C3=O)c1. The summed E-state index contributed by atoms with van der Waals surface area (Å²) in [5, 5.41) is 2.78. The van der Waals surface area contributed by atoms with Gasteiger partial charge in [0.05, 0.1) is 23.8 Å². The van der Waals surface area contributed by atoms with Gasteiger partial charge in [0.1, 0.15) is 0 Å². The Hall–Kier alpha value is -3.48. The minimum Gasteiger partial charge on any atom is -0.465 e. The maximum absolute atomic E-state index is 13.0. The number of nitrogens with one attached hydrogen (secondary N) is 1. The molecule has 31 heavy (non-hydrogen) atoms. The molecule has 1 fully saturated rings. The van der Waals surface area contributed by atoms with Crippen molar-refractivity contribution in [1.29, 1.82) is 0 Å². The lowest BCUT2D eigenvalue weighted by Crippen LogP contribution is -2.40. The average Bonchev–Trinajstić information content (AvgIpc) is 3.04. The second-order valence-electron chi connectivity index (χ2n) is 8.01. The van der Waals surface area contributed by atoms with Crippen molar-refractivity contribution in [2.45, 2.75) is 45.1 Å². The first-order chi connectivity index (χ1) is 14.9. The quantitative estimate of drug-likeness (QED) is 0.597. The number of carbonyl (C=O) groups is 4. The summed E-state index contributed by atoms with van der Waals surface area (Å²) >= 11 is 0. The molecule has 1 aliphatic heterocycles. The van der Waals surface area contributed by atoms with Gasteiger partial charge < -0.3 is 10.1 Å². The molecular formula is C24H24N2O5. The van der Waals surface area contributed by atoms with Crippen molar-refractivity contribution in [3.8, 4) is 0 Å². The van der Waals surface area contributed by atoms with Gasteiger partial charge in [-0.1, -0.05) is 25.3 Å². The lowest BCUT2D eigenvalue weighted by atomic mass is 9.94. The van der Waals surface area contributed by atoms with Crippen LogP contribution in [0.1, 0.15) is 79.1 Å². The van der Waals surface area contributed by atoms with E-state index in [1.54, 1.807) is 30.3 Å². The number of rotatable bonds is 4. The fraction of sp³-hybridized carbons (Fsp3) is 0.333. The molecule has 0 saturated heterocycles. The van der Waals surface area contributed by atoms with Crippen LogP contribution in [0.4, 0.5) is 5.69 Å². The predicted molar refractivity (Wildman–Crippen MR) is 114 cm³/mol. The molecule has 3 amide bonds. The summed E-state index contributed by atoms with van der Waals surface area (Å²) in [6, 6.07) is 9.39. The minimum atomic E-state index is -0.500. The number of anilines is 1. The number of methoxy groups -OCH3 is 1. The summed E-state index contributed by atoms with van der Waals surface area (Å²) in [4.78, 5) is 51.8. The molecule has 0 aromatic heterocycles. The molecule has 0 bridgehead atoms. The van der Waals surface area contributed by atoms with Gasteiger partial charge in [-0.3, -0.25) is 19.3 Å². The molecule has 1 N–H and O–H groups in total. The summed E-state index contributed by atoms with van der Waals surface area (Å²) in [6.45, 7) is 1.81. The van der Waals surface area contributed by atoms with Crippen LogP contribution < -0.4 is 5.32 Å². The van der Waals surface area contributed by atoms with Gasteiger partial charge in [-0.25, -0.2) is 4.79 Å². The number of benzene rings is 2. The molecule has 160 valence electrons. The van der Waals surface area contributed by atoms with Crippen LogP contribution in [0.3, 0.4) is 0 Å². The second kappa shape index (κ2) is 8.34. The molecule has 2 aromatic carbocycles. The molecule has 1 aliphatic carbocycles. The van der Waals surface area contributed by atoms with E-state index in [0.717, 1.165) is 37.7 Å². The van der Waals surface area contributed by atoms with E-state index < -0.39 is 11.9 Å². The first-order valence-electron chi connectivity index (χ1n) is 10.4. The lowest BCUT2D eigenvalue weighted by Gasteiger charge is -2.29. The van der Waals surface area contributed by atoms with E-state index in [-0.39, 0.29) is 29.0 Å². The fourth-order valence-corrected chi connectivity index (χ4v) is 4.27. The van der Waals surface area contributed by atoms with E-state index in [2.05, 4.69) is 5.32 Å². The molecule has 1 saturated carbocycles. The highest BCUT2D eigenvalue weighted by atomic mass is 16.5. The van der Waals surface area contributed by atoms with E-state index in [1.165, 1.54) is 18.1 Å². The monoisotopic (exact) mass is 420 g/mol. The maximum atomic E-state index is 13.0. The summed E-state index contributed by atoms with van der Waals surface area (Å²) < 4.78 is 4.73. The van der Waals surface area contributed by atoms with Crippen LogP contribution in [0.5, 0.6) is 0 Å². The van der Waals surface area contributed by atoms with Gasteiger partial charge in [-0.05, 0) is 55.7 Å². The zero-order valence-corrected chi connectivity index (χ0v) is 17.6. The smallest absolute Gasteiger partial charge is 0.337 e. The number of hydrogen-bond donors (Lipinski definition) is 1. The van der Waals surface area contributed by atoms with Gasteiger partial charge in [-0.15, -0.1) is 0 Å². The molecular weight excluding hydrogens is 396 g/mol. The normalized spacial score (nSPS) is 16.3. The first-order valence-corrected chi connectivity index (χ1v) is 10.4. The van der Waals surface area contributed by atoms with E-state index in [1.807, 2.05) is 6.92 Å². The number of nitrogens with zero attached hydrogens (tertiary/aromatic N) is 1. The summed E-state index contributed by atoms with van der Waals surface area (Å²) in [5.74, 6) is -1.53. The lowest BCUT2D eigenvalue weighted by molar-refractivity contribution is 0.0546. The van der Waals surface area contributed by atoms with E-state index in [4.69, 9.17) is 4.74 Å². The fourth-order valence-electron chi connectivity index (χ4n) is 4.27. The highest BCUT2D eigenvalue weighted by molar-refractivity contribution is 6.22. The standard InChI is InChI=1S/C24H24N2O5/c1-14-8-9-16(24(30)31-2)13-20(14)25-21(27)15-10-11-18-19(12-15)23(29)26(22(18)28)17-6-4-3-5-7-17/h8-13,17H,3-7H2,1-2H3,(H,25,27). The second-order valence-corrected chi connectivity index (χ2v) is 8.01. The van der Waals surface area contributed by atoms with Gasteiger partial charge in [0, 0.05) is 17.3 Å². The van der Waals surface area contributed by atoms with Gasteiger partial charge in [0.15, 0.2) is 0 Å². The number of amides is 3. The Kier molecular flexibility index (Phi) is 5.59. The highest BCUT2D eigenvalue weighted by Gasteiger charge is 2.40. The largest absolute Gasteiger partial charge is 0.465 e. The van der Waals surface area contributed by atoms with E-state index >= 15 is 0 Å². The van der Waals surface area contributed by atoms with E-state index in [9.17, 15) is 19.2 Å². The van der Waals surface area contributed by atoms with Crippen LogP contribution in [-0.2, 0) is 4.74 Å². The average molecular weight is 420 g/mol. The molecule has 2 aliphatic rings. The van der Waals surface area contributed by atoms with Crippen molar-refractivity contribution < 1.29 is 23.9 Å². The Morgan fingerprint density at radius 1 is 0.935 bits per heavy atom. The Labute approximate surface area is 180 Å². The molecule has 0 radical (unpaired) electrons. The number of imide groups is 1. The van der Waals surface area contributed by atoms with E-state index in [0.29, 0.717) is 16.8 Å². The number of aryl methyl sites for hydroxylation is 1. The summed E-state index contributed by atoms with van der Waals surface area (Å²) in [7, 11) is 1.29. The van der Waals surface area contributed by atoms with Gasteiger partial charge in [0.25, 0.3) is 17.7 Å². The Morgan fingerprint density at radius 2 is 1.61 bits per heavy atom. The summed E-state index contributed by atoms with van der Waals surface area (Å²) in [6.07, 6.45) is 4.80. The Morgan fingerprint density at radius 3 is 2.32 bits per heavy atom. The van der Waals surface area contributed by atoms with Crippen molar-refractivity contribution >= 4 is 29.4 Å². The Balaban J connectivity index is 1.57. The van der Waals surface area contributed by atoms with Crippen molar-refractivity contribution in [3.05, 3.63) is 64.2 Å². The molecule has 7 nitrogen and oxygen atoms in total. The number of carbonyl (C=O) groups excluding carboxylic acids is 4. The third kappa shape index (κ3) is 3.83. The molecule has 1 heterocycles. The molecule has 2 aromatic rings. The van der Waals surface area contributed by atoms with Crippen LogP contribution in [0.2, 0.25) is 0 Å². The number of hydrogen-bond acceptors (Lipinski definition) is 5. The van der Waals surface area contributed by atoms with Crippen LogP contribution in [0.15, 0.2) is 36.4 Å². The third-order valence-electron chi connectivity index (χ3n) is 6.03. The van der Waals surface area contributed by atoms with Crippen LogP contribution >= 0.6 is 0 Å². The van der Waals surface area contributed by atoms with Crippen molar-refractivity contribution in [2.75, 3.05) is 12.4 Å². The highest BCUT2D eigenvalue weighted by Crippen LogP contribution is 2.31. The third-order valence-corrected chi connectivity index (χ3v) is 6.03. The number of ether oxygens (including phenoxy) is 1.